The number of para-hydroxylation sites is 1. The van der Waals surface area contributed by atoms with Gasteiger partial charge >= 0.3 is 0 Å². The summed E-state index contributed by atoms with van der Waals surface area (Å²) in [5.74, 6) is 0. The molecule has 3 aromatic rings. The molecule has 0 atom stereocenters. The number of pyridine rings is 1. The summed E-state index contributed by atoms with van der Waals surface area (Å²) in [6, 6.07) is 8.56. The number of nitrogens with zero attached hydrogens (tertiary/aromatic N) is 2. The monoisotopic (exact) mass is 239 g/mol. The molecule has 3 heteroatoms. The third kappa shape index (κ3) is 1.59. The highest BCUT2D eigenvalue weighted by atomic mass is 15.0. The minimum Gasteiger partial charge on any atom is -0.330 e. The molecule has 0 radical (unpaired) electrons. The second-order valence-electron chi connectivity index (χ2n) is 4.80. The lowest BCUT2D eigenvalue weighted by Crippen LogP contribution is -2.02. The average Bonchev–Trinajstić information content (AvgIpc) is 2.72. The highest BCUT2D eigenvalue weighted by Gasteiger charge is 2.08. The van der Waals surface area contributed by atoms with E-state index in [9.17, 15) is 0 Å². The van der Waals surface area contributed by atoms with Crippen LogP contribution >= 0.6 is 0 Å². The maximum Gasteiger partial charge on any atom is 0.137 e. The molecule has 0 aliphatic carbocycles. The molecule has 0 saturated heterocycles. The van der Waals surface area contributed by atoms with Crippen molar-refractivity contribution in [2.24, 2.45) is 5.73 Å². The van der Waals surface area contributed by atoms with Gasteiger partial charge in [0.1, 0.15) is 5.65 Å². The molecule has 0 spiro atoms. The summed E-state index contributed by atoms with van der Waals surface area (Å²) < 4.78 is 2.18. The minimum atomic E-state index is 0.639. The van der Waals surface area contributed by atoms with Gasteiger partial charge in [-0.1, -0.05) is 18.2 Å². The van der Waals surface area contributed by atoms with Gasteiger partial charge in [-0.15, -0.1) is 0 Å². The lowest BCUT2D eigenvalue weighted by Gasteiger charge is -2.08. The van der Waals surface area contributed by atoms with E-state index in [1.807, 2.05) is 0 Å². The van der Waals surface area contributed by atoms with Gasteiger partial charge in [-0.3, -0.25) is 4.40 Å². The Morgan fingerprint density at radius 1 is 1.22 bits per heavy atom. The van der Waals surface area contributed by atoms with Crippen LogP contribution in [0.25, 0.3) is 16.6 Å². The summed E-state index contributed by atoms with van der Waals surface area (Å²) in [7, 11) is 0. The zero-order valence-electron chi connectivity index (χ0n) is 10.8. The van der Waals surface area contributed by atoms with Crippen molar-refractivity contribution >= 4 is 16.6 Å². The summed E-state index contributed by atoms with van der Waals surface area (Å²) >= 11 is 0. The van der Waals surface area contributed by atoms with Gasteiger partial charge in [0.25, 0.3) is 0 Å². The molecule has 2 heterocycles. The number of rotatable bonds is 2. The normalized spacial score (nSPS) is 11.5. The fraction of sp³-hybridized carbons (Fsp3) is 0.267. The zero-order valence-corrected chi connectivity index (χ0v) is 10.8. The van der Waals surface area contributed by atoms with Crippen LogP contribution in [0.5, 0.6) is 0 Å². The molecule has 1 aromatic carbocycles. The Hall–Kier alpha value is -1.87. The van der Waals surface area contributed by atoms with Crippen molar-refractivity contribution in [3.05, 3.63) is 47.3 Å². The fourth-order valence-corrected chi connectivity index (χ4v) is 2.56. The third-order valence-electron chi connectivity index (χ3n) is 3.43. The van der Waals surface area contributed by atoms with E-state index in [4.69, 9.17) is 5.73 Å². The van der Waals surface area contributed by atoms with E-state index in [0.29, 0.717) is 6.54 Å². The SMILES string of the molecule is Cc1cc2nc(CCN)cn2c2c(C)cccc12. The highest BCUT2D eigenvalue weighted by molar-refractivity contribution is 5.88. The molecule has 18 heavy (non-hydrogen) atoms. The maximum absolute atomic E-state index is 5.61. The van der Waals surface area contributed by atoms with Crippen molar-refractivity contribution in [1.82, 2.24) is 9.38 Å². The van der Waals surface area contributed by atoms with Crippen LogP contribution in [0.1, 0.15) is 16.8 Å². The van der Waals surface area contributed by atoms with Crippen LogP contribution < -0.4 is 5.73 Å². The topological polar surface area (TPSA) is 43.3 Å². The Morgan fingerprint density at radius 3 is 2.83 bits per heavy atom. The van der Waals surface area contributed by atoms with Crippen molar-refractivity contribution in [3.8, 4) is 0 Å². The summed E-state index contributed by atoms with van der Waals surface area (Å²) in [4.78, 5) is 4.64. The molecule has 92 valence electrons. The molecule has 0 fully saturated rings. The first-order chi connectivity index (χ1) is 8.70. The van der Waals surface area contributed by atoms with Crippen LogP contribution in [-0.2, 0) is 6.42 Å². The van der Waals surface area contributed by atoms with E-state index in [1.54, 1.807) is 0 Å². The summed E-state index contributed by atoms with van der Waals surface area (Å²) in [5, 5.41) is 1.29. The largest absolute Gasteiger partial charge is 0.330 e. The highest BCUT2D eigenvalue weighted by Crippen LogP contribution is 2.24. The number of aromatic nitrogens is 2. The number of benzene rings is 1. The number of hydrogen-bond donors (Lipinski definition) is 1. The number of aryl methyl sites for hydroxylation is 2. The lowest BCUT2D eigenvalue weighted by molar-refractivity contribution is 0.937. The molecule has 3 rings (SSSR count). The minimum absolute atomic E-state index is 0.639. The number of nitrogens with two attached hydrogens (primary N) is 1. The van der Waals surface area contributed by atoms with Gasteiger partial charge < -0.3 is 5.73 Å². The van der Waals surface area contributed by atoms with Crippen LogP contribution in [-0.4, -0.2) is 15.9 Å². The summed E-state index contributed by atoms with van der Waals surface area (Å²) in [6.45, 7) is 4.92. The Labute approximate surface area is 106 Å². The van der Waals surface area contributed by atoms with E-state index in [0.717, 1.165) is 17.8 Å². The smallest absolute Gasteiger partial charge is 0.137 e. The standard InChI is InChI=1S/C15H17N3/c1-10-4-3-5-13-11(2)8-14-17-12(6-7-16)9-18(14)15(10)13/h3-5,8-9H,6-7,16H2,1-2H3. The van der Waals surface area contributed by atoms with Crippen LogP contribution in [0.2, 0.25) is 0 Å². The Kier molecular flexibility index (Phi) is 2.56. The van der Waals surface area contributed by atoms with Crippen LogP contribution in [0.4, 0.5) is 0 Å². The summed E-state index contributed by atoms with van der Waals surface area (Å²) in [6.07, 6.45) is 2.94. The van der Waals surface area contributed by atoms with E-state index in [-0.39, 0.29) is 0 Å². The van der Waals surface area contributed by atoms with Crippen LogP contribution in [0.15, 0.2) is 30.5 Å². The van der Waals surface area contributed by atoms with E-state index < -0.39 is 0 Å². The van der Waals surface area contributed by atoms with Gasteiger partial charge in [0.15, 0.2) is 0 Å². The number of imidazole rings is 1. The molecular formula is C15H17N3. The molecule has 0 amide bonds. The van der Waals surface area contributed by atoms with Gasteiger partial charge in [0.2, 0.25) is 0 Å². The number of hydrogen-bond acceptors (Lipinski definition) is 2. The first-order valence-electron chi connectivity index (χ1n) is 6.27. The van der Waals surface area contributed by atoms with Crippen LogP contribution in [0.3, 0.4) is 0 Å². The Morgan fingerprint density at radius 2 is 2.06 bits per heavy atom. The third-order valence-corrected chi connectivity index (χ3v) is 3.43. The molecule has 2 aromatic heterocycles. The van der Waals surface area contributed by atoms with Gasteiger partial charge in [-0.05, 0) is 37.6 Å². The molecule has 0 saturated carbocycles. The molecule has 0 unspecified atom stereocenters. The molecule has 0 aliphatic heterocycles. The quantitative estimate of drug-likeness (QED) is 0.747. The van der Waals surface area contributed by atoms with E-state index in [1.165, 1.54) is 22.0 Å². The van der Waals surface area contributed by atoms with Crippen molar-refractivity contribution in [3.63, 3.8) is 0 Å². The fourth-order valence-electron chi connectivity index (χ4n) is 2.56. The lowest BCUT2D eigenvalue weighted by atomic mass is 10.1. The van der Waals surface area contributed by atoms with Crippen molar-refractivity contribution < 1.29 is 0 Å². The predicted octanol–water partition coefficient (Wildman–Crippen LogP) is 2.61. The molecule has 0 aliphatic rings. The second-order valence-corrected chi connectivity index (χ2v) is 4.80. The second kappa shape index (κ2) is 4.10. The zero-order chi connectivity index (χ0) is 12.7. The Balaban J connectivity index is 2.43. The van der Waals surface area contributed by atoms with E-state index >= 15 is 0 Å². The Bertz CT molecular complexity index is 725. The van der Waals surface area contributed by atoms with Crippen molar-refractivity contribution in [2.75, 3.05) is 6.54 Å². The molecule has 3 nitrogen and oxygen atoms in total. The average molecular weight is 239 g/mol. The van der Waals surface area contributed by atoms with Gasteiger partial charge in [0, 0.05) is 18.0 Å². The molecule has 2 N–H and O–H groups in total. The van der Waals surface area contributed by atoms with Gasteiger partial charge in [-0.25, -0.2) is 4.98 Å². The summed E-state index contributed by atoms with van der Waals surface area (Å²) in [5.41, 5.74) is 11.5. The van der Waals surface area contributed by atoms with Crippen molar-refractivity contribution in [1.29, 1.82) is 0 Å². The van der Waals surface area contributed by atoms with Gasteiger partial charge in [-0.2, -0.15) is 0 Å². The molecule has 0 bridgehead atoms. The van der Waals surface area contributed by atoms with Crippen molar-refractivity contribution in [2.45, 2.75) is 20.3 Å². The first-order valence-corrected chi connectivity index (χ1v) is 6.27. The maximum atomic E-state index is 5.61. The van der Waals surface area contributed by atoms with E-state index in [2.05, 4.69) is 53.7 Å². The van der Waals surface area contributed by atoms with Crippen LogP contribution in [0, 0.1) is 13.8 Å². The van der Waals surface area contributed by atoms with Gasteiger partial charge in [0.05, 0.1) is 11.2 Å². The molecular weight excluding hydrogens is 222 g/mol. The first kappa shape index (κ1) is 11.2. The number of fused-ring (bicyclic) bond motifs is 3. The predicted molar refractivity (Wildman–Crippen MR) is 74.9 cm³/mol.